The van der Waals surface area contributed by atoms with E-state index in [2.05, 4.69) is 19.7 Å². The van der Waals surface area contributed by atoms with Crippen LogP contribution in [-0.4, -0.2) is 23.4 Å². The molecule has 0 atom stereocenters. The molecule has 11 heteroatoms. The van der Waals surface area contributed by atoms with E-state index in [4.69, 9.17) is 21.8 Å². The number of sulfonamides is 1. The Balaban J connectivity index is 1.58. The zero-order chi connectivity index (χ0) is 23.3. The summed E-state index contributed by atoms with van der Waals surface area (Å²) < 4.78 is 46.7. The number of nitrogens with two attached hydrogens (primary N) is 1. The van der Waals surface area contributed by atoms with E-state index in [1.807, 2.05) is 6.07 Å². The zero-order valence-electron chi connectivity index (χ0n) is 17.0. The highest BCUT2D eigenvalue weighted by molar-refractivity contribution is 7.92. The number of benzene rings is 2. The molecule has 166 valence electrons. The van der Waals surface area contributed by atoms with Crippen LogP contribution in [0.15, 0.2) is 64.0 Å². The number of aromatic nitrogens is 3. The lowest BCUT2D eigenvalue weighted by Gasteiger charge is -2.11. The van der Waals surface area contributed by atoms with Crippen molar-refractivity contribution in [1.29, 1.82) is 0 Å². The van der Waals surface area contributed by atoms with Crippen LogP contribution in [0.5, 0.6) is 0 Å². The van der Waals surface area contributed by atoms with Gasteiger partial charge in [0.25, 0.3) is 10.0 Å². The third-order valence-electron chi connectivity index (χ3n) is 5.00. The predicted molar refractivity (Wildman–Crippen MR) is 124 cm³/mol. The molecule has 3 N–H and O–H groups in total. The first-order valence-corrected chi connectivity index (χ1v) is 11.5. The van der Waals surface area contributed by atoms with Gasteiger partial charge < -0.3 is 10.2 Å². The molecule has 2 aromatic carbocycles. The molecular formula is C22H15ClFN5O3S. The molecule has 0 saturated carbocycles. The van der Waals surface area contributed by atoms with Gasteiger partial charge in [-0.05, 0) is 48.0 Å². The smallest absolute Gasteiger partial charge is 0.261 e. The molecule has 0 bridgehead atoms. The minimum Gasteiger partial charge on any atom is -0.440 e. The summed E-state index contributed by atoms with van der Waals surface area (Å²) in [6.07, 6.45) is 1.52. The number of oxazole rings is 1. The predicted octanol–water partition coefficient (Wildman–Crippen LogP) is 4.92. The monoisotopic (exact) mass is 483 g/mol. The van der Waals surface area contributed by atoms with E-state index >= 15 is 0 Å². The van der Waals surface area contributed by atoms with Crippen molar-refractivity contribution in [2.24, 2.45) is 0 Å². The lowest BCUT2D eigenvalue weighted by Crippen LogP contribution is -2.13. The number of fused-ring (bicyclic) bond motifs is 3. The number of halogens is 2. The standard InChI is InChI=1S/C22H15ClFN5O3S/c1-11-27-19-20(32-11)16-8-12(2-7-17(16)28-22(19)25)13-9-18(21(23)26-10-13)29-33(30,31)15-5-3-14(24)4-6-15/h2-10,29H,1H3,(H2,25,28). The van der Waals surface area contributed by atoms with E-state index < -0.39 is 15.8 Å². The Kier molecular flexibility index (Phi) is 4.91. The number of hydrogen-bond donors (Lipinski definition) is 2. The minimum atomic E-state index is -4.01. The highest BCUT2D eigenvalue weighted by atomic mass is 35.5. The number of nitrogens with zero attached hydrogens (tertiary/aromatic N) is 3. The topological polar surface area (TPSA) is 124 Å². The van der Waals surface area contributed by atoms with Crippen LogP contribution in [0.3, 0.4) is 0 Å². The largest absolute Gasteiger partial charge is 0.440 e. The molecule has 0 aliphatic heterocycles. The number of nitrogens with one attached hydrogen (secondary N) is 1. The maximum absolute atomic E-state index is 13.2. The number of pyridine rings is 2. The second-order valence-corrected chi connectivity index (χ2v) is 9.30. The van der Waals surface area contributed by atoms with Crippen molar-refractivity contribution < 1.29 is 17.2 Å². The first kappa shape index (κ1) is 21.1. The molecule has 33 heavy (non-hydrogen) atoms. The van der Waals surface area contributed by atoms with Crippen molar-refractivity contribution >= 4 is 55.1 Å². The Morgan fingerprint density at radius 1 is 1.06 bits per heavy atom. The van der Waals surface area contributed by atoms with Gasteiger partial charge in [0.1, 0.15) is 5.82 Å². The van der Waals surface area contributed by atoms with Crippen LogP contribution in [0.4, 0.5) is 15.9 Å². The summed E-state index contributed by atoms with van der Waals surface area (Å²) in [6.45, 7) is 1.72. The van der Waals surface area contributed by atoms with E-state index in [1.54, 1.807) is 25.1 Å². The first-order chi connectivity index (χ1) is 15.7. The summed E-state index contributed by atoms with van der Waals surface area (Å²) in [5.41, 5.74) is 8.99. The normalized spacial score (nSPS) is 11.8. The van der Waals surface area contributed by atoms with Gasteiger partial charge in [0, 0.05) is 24.1 Å². The summed E-state index contributed by atoms with van der Waals surface area (Å²) >= 11 is 6.15. The molecule has 0 fully saturated rings. The molecule has 0 saturated heterocycles. The molecule has 0 unspecified atom stereocenters. The third-order valence-corrected chi connectivity index (χ3v) is 6.68. The highest BCUT2D eigenvalue weighted by Gasteiger charge is 2.18. The Morgan fingerprint density at radius 2 is 1.82 bits per heavy atom. The first-order valence-electron chi connectivity index (χ1n) is 9.62. The van der Waals surface area contributed by atoms with Crippen LogP contribution in [0.25, 0.3) is 33.1 Å². The van der Waals surface area contributed by atoms with Crippen LogP contribution in [0.1, 0.15) is 5.89 Å². The van der Waals surface area contributed by atoms with Gasteiger partial charge >= 0.3 is 0 Å². The second-order valence-electron chi connectivity index (χ2n) is 7.26. The average Bonchev–Trinajstić information content (AvgIpc) is 3.18. The molecule has 3 aromatic heterocycles. The van der Waals surface area contributed by atoms with E-state index in [-0.39, 0.29) is 21.6 Å². The molecule has 0 radical (unpaired) electrons. The van der Waals surface area contributed by atoms with Crippen molar-refractivity contribution in [3.05, 3.63) is 71.6 Å². The van der Waals surface area contributed by atoms with Crippen molar-refractivity contribution in [3.8, 4) is 11.1 Å². The summed E-state index contributed by atoms with van der Waals surface area (Å²) in [4.78, 5) is 12.7. The van der Waals surface area contributed by atoms with Crippen molar-refractivity contribution in [2.75, 3.05) is 10.5 Å². The van der Waals surface area contributed by atoms with E-state index in [0.717, 1.165) is 29.8 Å². The van der Waals surface area contributed by atoms with Gasteiger partial charge in [0.2, 0.25) is 0 Å². The van der Waals surface area contributed by atoms with Gasteiger partial charge in [-0.3, -0.25) is 4.72 Å². The second kappa shape index (κ2) is 7.68. The van der Waals surface area contributed by atoms with Gasteiger partial charge in [-0.1, -0.05) is 17.7 Å². The fourth-order valence-electron chi connectivity index (χ4n) is 3.46. The fourth-order valence-corrected chi connectivity index (χ4v) is 4.72. The maximum atomic E-state index is 13.2. The number of anilines is 2. The Morgan fingerprint density at radius 3 is 2.58 bits per heavy atom. The molecule has 5 rings (SSSR count). The molecule has 0 aliphatic rings. The third kappa shape index (κ3) is 3.83. The molecule has 0 aliphatic carbocycles. The quantitative estimate of drug-likeness (QED) is 0.347. The van der Waals surface area contributed by atoms with Crippen LogP contribution < -0.4 is 10.5 Å². The molecule has 8 nitrogen and oxygen atoms in total. The highest BCUT2D eigenvalue weighted by Crippen LogP contribution is 2.33. The van der Waals surface area contributed by atoms with E-state index in [1.165, 1.54) is 6.20 Å². The number of aryl methyl sites for hydroxylation is 1. The Bertz CT molecular complexity index is 1650. The van der Waals surface area contributed by atoms with Gasteiger partial charge in [-0.25, -0.2) is 27.8 Å². The van der Waals surface area contributed by atoms with Gasteiger partial charge in [-0.2, -0.15) is 0 Å². The molecule has 5 aromatic rings. The summed E-state index contributed by atoms with van der Waals surface area (Å²) in [5, 5.41) is 0.661. The van der Waals surface area contributed by atoms with Gasteiger partial charge in [0.05, 0.1) is 16.1 Å². The van der Waals surface area contributed by atoms with E-state index in [0.29, 0.717) is 33.5 Å². The SMILES string of the molecule is Cc1nc2c(N)nc3ccc(-c4cnc(Cl)c(NS(=O)(=O)c5ccc(F)cc5)c4)cc3c2o1. The Labute approximate surface area is 192 Å². The minimum absolute atomic E-state index is 0.0343. The molecular weight excluding hydrogens is 469 g/mol. The van der Waals surface area contributed by atoms with E-state index in [9.17, 15) is 12.8 Å². The Hall–Kier alpha value is -3.76. The molecule has 0 amide bonds. The van der Waals surface area contributed by atoms with Crippen molar-refractivity contribution in [2.45, 2.75) is 11.8 Å². The molecule has 0 spiro atoms. The van der Waals surface area contributed by atoms with Crippen LogP contribution in [-0.2, 0) is 10.0 Å². The van der Waals surface area contributed by atoms with Gasteiger partial charge in [0.15, 0.2) is 28.0 Å². The van der Waals surface area contributed by atoms with Crippen molar-refractivity contribution in [1.82, 2.24) is 15.0 Å². The lowest BCUT2D eigenvalue weighted by atomic mass is 10.0. The number of nitrogen functional groups attached to an aromatic ring is 1. The molecule has 3 heterocycles. The number of hydrogen-bond acceptors (Lipinski definition) is 7. The van der Waals surface area contributed by atoms with Gasteiger partial charge in [-0.15, -0.1) is 0 Å². The van der Waals surface area contributed by atoms with Crippen LogP contribution in [0, 0.1) is 12.7 Å². The summed E-state index contributed by atoms with van der Waals surface area (Å²) in [7, 11) is -4.01. The fraction of sp³-hybridized carbons (Fsp3) is 0.0455. The maximum Gasteiger partial charge on any atom is 0.261 e. The summed E-state index contributed by atoms with van der Waals surface area (Å²) in [6, 6.07) is 11.4. The zero-order valence-corrected chi connectivity index (χ0v) is 18.6. The van der Waals surface area contributed by atoms with Crippen LogP contribution >= 0.6 is 11.6 Å². The van der Waals surface area contributed by atoms with Crippen LogP contribution in [0.2, 0.25) is 5.15 Å². The number of rotatable bonds is 4. The lowest BCUT2D eigenvalue weighted by molar-refractivity contribution is 0.563. The average molecular weight is 484 g/mol. The summed E-state index contributed by atoms with van der Waals surface area (Å²) in [5.74, 6) is 0.189. The van der Waals surface area contributed by atoms with Crippen molar-refractivity contribution in [3.63, 3.8) is 0 Å².